The Morgan fingerprint density at radius 3 is 2.65 bits per heavy atom. The average Bonchev–Trinajstić information content (AvgIpc) is 2.65. The fourth-order valence-corrected chi connectivity index (χ4v) is 2.24. The third-order valence-corrected chi connectivity index (χ3v) is 3.40. The Hall–Kier alpha value is -3.28. The zero-order chi connectivity index (χ0) is 18.8. The maximum atomic E-state index is 12.1. The topological polar surface area (TPSA) is 79.5 Å². The fourth-order valence-electron chi connectivity index (χ4n) is 2.24. The van der Waals surface area contributed by atoms with Crippen LogP contribution in [-0.4, -0.2) is 31.5 Å². The lowest BCUT2D eigenvalue weighted by atomic mass is 10.2. The van der Waals surface area contributed by atoms with Gasteiger partial charge in [-0.15, -0.1) is 0 Å². The first kappa shape index (κ1) is 19.1. The molecule has 0 heterocycles. The van der Waals surface area contributed by atoms with Gasteiger partial charge in [-0.3, -0.25) is 9.59 Å². The largest absolute Gasteiger partial charge is 0.489 e. The van der Waals surface area contributed by atoms with Crippen molar-refractivity contribution in [3.05, 3.63) is 66.7 Å². The van der Waals surface area contributed by atoms with Crippen molar-refractivity contribution >= 4 is 23.2 Å². The Kier molecular flexibility index (Phi) is 7.24. The smallest absolute Gasteiger partial charge is 0.251 e. The lowest BCUT2D eigenvalue weighted by molar-refractivity contribution is -0.114. The minimum Gasteiger partial charge on any atom is -0.489 e. The quantitative estimate of drug-likeness (QED) is 0.606. The first-order valence-electron chi connectivity index (χ1n) is 8.38. The SMILES string of the molecule is C=CCOc1cccc(NCC(=O)Nc2cccc(C(=O)NCC)c2)c1. The minimum atomic E-state index is -0.213. The van der Waals surface area contributed by atoms with Gasteiger partial charge >= 0.3 is 0 Å². The van der Waals surface area contributed by atoms with Crippen molar-refractivity contribution in [3.63, 3.8) is 0 Å². The average molecular weight is 353 g/mol. The number of hydrogen-bond donors (Lipinski definition) is 3. The molecule has 0 atom stereocenters. The molecule has 2 aromatic carbocycles. The van der Waals surface area contributed by atoms with Crippen LogP contribution in [0.3, 0.4) is 0 Å². The number of nitrogens with one attached hydrogen (secondary N) is 3. The molecule has 2 aromatic rings. The molecule has 6 heteroatoms. The van der Waals surface area contributed by atoms with Gasteiger partial charge < -0.3 is 20.7 Å². The summed E-state index contributed by atoms with van der Waals surface area (Å²) in [6.45, 7) is 6.53. The predicted octanol–water partition coefficient (Wildman–Crippen LogP) is 3.05. The summed E-state index contributed by atoms with van der Waals surface area (Å²) in [5.41, 5.74) is 1.85. The van der Waals surface area contributed by atoms with E-state index in [1.807, 2.05) is 31.2 Å². The zero-order valence-corrected chi connectivity index (χ0v) is 14.7. The number of ether oxygens (including phenoxy) is 1. The third kappa shape index (κ3) is 5.98. The van der Waals surface area contributed by atoms with Crippen LogP contribution < -0.4 is 20.7 Å². The highest BCUT2D eigenvalue weighted by Gasteiger charge is 2.07. The molecule has 136 valence electrons. The number of rotatable bonds is 9. The molecule has 0 saturated carbocycles. The van der Waals surface area contributed by atoms with E-state index in [-0.39, 0.29) is 18.4 Å². The van der Waals surface area contributed by atoms with Crippen molar-refractivity contribution in [2.24, 2.45) is 0 Å². The normalized spacial score (nSPS) is 9.88. The first-order valence-corrected chi connectivity index (χ1v) is 8.38. The van der Waals surface area contributed by atoms with Gasteiger partial charge in [0.15, 0.2) is 0 Å². The maximum absolute atomic E-state index is 12.1. The van der Waals surface area contributed by atoms with Gasteiger partial charge in [0.2, 0.25) is 5.91 Å². The van der Waals surface area contributed by atoms with E-state index in [9.17, 15) is 9.59 Å². The summed E-state index contributed by atoms with van der Waals surface area (Å²) in [7, 11) is 0. The van der Waals surface area contributed by atoms with Crippen LogP contribution in [-0.2, 0) is 4.79 Å². The molecule has 0 bridgehead atoms. The summed E-state index contributed by atoms with van der Waals surface area (Å²) in [5.74, 6) is 0.318. The van der Waals surface area contributed by atoms with E-state index in [1.54, 1.807) is 30.3 Å². The standard InChI is InChI=1S/C20H23N3O3/c1-3-11-26-18-10-6-8-16(13-18)22-14-19(24)23-17-9-5-7-15(12-17)20(25)21-4-2/h3,5-10,12-13,22H,1,4,11,14H2,2H3,(H,21,25)(H,23,24). The highest BCUT2D eigenvalue weighted by Crippen LogP contribution is 2.17. The van der Waals surface area contributed by atoms with Crippen LogP contribution in [0.1, 0.15) is 17.3 Å². The van der Waals surface area contributed by atoms with Gasteiger partial charge in [0.1, 0.15) is 12.4 Å². The van der Waals surface area contributed by atoms with E-state index in [1.165, 1.54) is 0 Å². The molecule has 26 heavy (non-hydrogen) atoms. The molecule has 2 amide bonds. The van der Waals surface area contributed by atoms with E-state index in [2.05, 4.69) is 22.5 Å². The zero-order valence-electron chi connectivity index (χ0n) is 14.7. The molecule has 3 N–H and O–H groups in total. The minimum absolute atomic E-state index is 0.0935. The summed E-state index contributed by atoms with van der Waals surface area (Å²) in [6.07, 6.45) is 1.67. The van der Waals surface area contributed by atoms with E-state index in [4.69, 9.17) is 4.74 Å². The third-order valence-electron chi connectivity index (χ3n) is 3.40. The van der Waals surface area contributed by atoms with E-state index in [0.29, 0.717) is 30.2 Å². The van der Waals surface area contributed by atoms with E-state index >= 15 is 0 Å². The van der Waals surface area contributed by atoms with Gasteiger partial charge in [0.05, 0.1) is 6.54 Å². The summed E-state index contributed by atoms with van der Waals surface area (Å²) in [6, 6.07) is 14.2. The van der Waals surface area contributed by atoms with Crippen LogP contribution >= 0.6 is 0 Å². The van der Waals surface area contributed by atoms with E-state index < -0.39 is 0 Å². The summed E-state index contributed by atoms with van der Waals surface area (Å²) < 4.78 is 5.46. The second-order valence-electron chi connectivity index (χ2n) is 5.47. The molecule has 0 aliphatic heterocycles. The van der Waals surface area contributed by atoms with Gasteiger partial charge in [0, 0.05) is 29.5 Å². The molecule has 0 fully saturated rings. The monoisotopic (exact) mass is 353 g/mol. The number of amides is 2. The second kappa shape index (κ2) is 9.88. The Balaban J connectivity index is 1.90. The van der Waals surface area contributed by atoms with Gasteiger partial charge in [-0.25, -0.2) is 0 Å². The van der Waals surface area contributed by atoms with Gasteiger partial charge in [-0.2, -0.15) is 0 Å². The van der Waals surface area contributed by atoms with Crippen molar-refractivity contribution in [1.82, 2.24) is 5.32 Å². The lowest BCUT2D eigenvalue weighted by Crippen LogP contribution is -2.24. The number of carbonyl (C=O) groups excluding carboxylic acids is 2. The molecular formula is C20H23N3O3. The van der Waals surface area contributed by atoms with Crippen molar-refractivity contribution < 1.29 is 14.3 Å². The highest BCUT2D eigenvalue weighted by molar-refractivity contribution is 5.98. The molecule has 0 radical (unpaired) electrons. The van der Waals surface area contributed by atoms with Crippen LogP contribution in [0, 0.1) is 0 Å². The molecule has 2 rings (SSSR count). The van der Waals surface area contributed by atoms with Crippen molar-refractivity contribution in [1.29, 1.82) is 0 Å². The Bertz CT molecular complexity index is 774. The van der Waals surface area contributed by atoms with Crippen LogP contribution in [0.4, 0.5) is 11.4 Å². The van der Waals surface area contributed by atoms with Crippen LogP contribution in [0.25, 0.3) is 0 Å². The molecule has 6 nitrogen and oxygen atoms in total. The van der Waals surface area contributed by atoms with E-state index in [0.717, 1.165) is 5.69 Å². The van der Waals surface area contributed by atoms with Crippen LogP contribution in [0.15, 0.2) is 61.2 Å². The van der Waals surface area contributed by atoms with Crippen molar-refractivity contribution in [2.75, 3.05) is 30.3 Å². The fraction of sp³-hybridized carbons (Fsp3) is 0.200. The summed E-state index contributed by atoms with van der Waals surface area (Å²) >= 11 is 0. The molecule has 0 spiro atoms. The number of hydrogen-bond acceptors (Lipinski definition) is 4. The Morgan fingerprint density at radius 2 is 1.88 bits per heavy atom. The number of carbonyl (C=O) groups is 2. The van der Waals surface area contributed by atoms with Crippen LogP contribution in [0.5, 0.6) is 5.75 Å². The number of anilines is 2. The molecule has 0 aliphatic carbocycles. The van der Waals surface area contributed by atoms with Crippen LogP contribution in [0.2, 0.25) is 0 Å². The van der Waals surface area contributed by atoms with Gasteiger partial charge in [-0.1, -0.05) is 24.8 Å². The highest BCUT2D eigenvalue weighted by atomic mass is 16.5. The predicted molar refractivity (Wildman–Crippen MR) is 104 cm³/mol. The molecular weight excluding hydrogens is 330 g/mol. The Morgan fingerprint density at radius 1 is 1.12 bits per heavy atom. The Labute approximate surface area is 153 Å². The molecule has 0 aliphatic rings. The first-order chi connectivity index (χ1) is 12.6. The van der Waals surface area contributed by atoms with Crippen molar-refractivity contribution in [2.45, 2.75) is 6.92 Å². The molecule has 0 aromatic heterocycles. The maximum Gasteiger partial charge on any atom is 0.251 e. The number of benzene rings is 2. The van der Waals surface area contributed by atoms with Crippen molar-refractivity contribution in [3.8, 4) is 5.75 Å². The summed E-state index contributed by atoms with van der Waals surface area (Å²) in [5, 5.41) is 8.54. The molecule has 0 saturated heterocycles. The summed E-state index contributed by atoms with van der Waals surface area (Å²) in [4.78, 5) is 24.0. The van der Waals surface area contributed by atoms with Gasteiger partial charge in [0.25, 0.3) is 5.91 Å². The lowest BCUT2D eigenvalue weighted by Gasteiger charge is -2.10. The second-order valence-corrected chi connectivity index (χ2v) is 5.47. The van der Waals surface area contributed by atoms with Gasteiger partial charge in [-0.05, 0) is 37.3 Å². The molecule has 0 unspecified atom stereocenters.